The van der Waals surface area contributed by atoms with Crippen LogP contribution in [0.1, 0.15) is 33.4 Å². The second kappa shape index (κ2) is 11.6. The summed E-state index contributed by atoms with van der Waals surface area (Å²) in [5, 5.41) is 2.47. The molecule has 0 unspecified atom stereocenters. The third-order valence-electron chi connectivity index (χ3n) is 11.4. The number of aromatic nitrogens is 1. The van der Waals surface area contributed by atoms with Crippen molar-refractivity contribution in [2.45, 2.75) is 5.41 Å². The number of fused-ring (bicyclic) bond motifs is 12. The lowest BCUT2D eigenvalue weighted by atomic mass is 9.66. The van der Waals surface area contributed by atoms with Gasteiger partial charge in [-0.25, -0.2) is 0 Å². The van der Waals surface area contributed by atoms with E-state index in [1.165, 1.54) is 66.3 Å². The van der Waals surface area contributed by atoms with Gasteiger partial charge in [-0.05, 0) is 93.5 Å². The van der Waals surface area contributed by atoms with Crippen LogP contribution in [-0.4, -0.2) is 4.57 Å². The first-order chi connectivity index (χ1) is 26.3. The Balaban J connectivity index is 1.22. The SMILES string of the molecule is C1=Cc2ccccc2C2(c3ccccc31)c1ccccc1-c1c(N(c3ccccc3)c3ccc4c(c3)c3ccccc3n4-c3ccccc3)cccc12. The normalized spacial score (nSPS) is 13.4. The Morgan fingerprint density at radius 3 is 1.74 bits per heavy atom. The van der Waals surface area contributed by atoms with E-state index in [2.05, 4.69) is 216 Å². The first-order valence-corrected chi connectivity index (χ1v) is 18.4. The summed E-state index contributed by atoms with van der Waals surface area (Å²) in [6, 6.07) is 71.3. The predicted molar refractivity (Wildman–Crippen MR) is 222 cm³/mol. The third-order valence-corrected chi connectivity index (χ3v) is 11.4. The lowest BCUT2D eigenvalue weighted by Crippen LogP contribution is -2.30. The zero-order chi connectivity index (χ0) is 34.9. The average molecular weight is 675 g/mol. The molecule has 0 N–H and O–H groups in total. The van der Waals surface area contributed by atoms with Crippen LogP contribution in [0.3, 0.4) is 0 Å². The third kappa shape index (κ3) is 4.21. The van der Waals surface area contributed by atoms with Gasteiger partial charge in [-0.15, -0.1) is 0 Å². The van der Waals surface area contributed by atoms with Crippen molar-refractivity contribution in [2.75, 3.05) is 4.90 Å². The molecule has 1 aromatic heterocycles. The Bertz CT molecular complexity index is 2850. The number of hydrogen-bond acceptors (Lipinski definition) is 1. The van der Waals surface area contributed by atoms with Crippen molar-refractivity contribution in [2.24, 2.45) is 0 Å². The maximum atomic E-state index is 2.47. The largest absolute Gasteiger partial charge is 0.310 e. The molecule has 2 nitrogen and oxygen atoms in total. The number of hydrogen-bond donors (Lipinski definition) is 0. The number of benzene rings is 8. The fourth-order valence-corrected chi connectivity index (χ4v) is 9.33. The highest BCUT2D eigenvalue weighted by Gasteiger charge is 2.49. The Morgan fingerprint density at radius 1 is 0.396 bits per heavy atom. The summed E-state index contributed by atoms with van der Waals surface area (Å²) in [7, 11) is 0. The highest BCUT2D eigenvalue weighted by Crippen LogP contribution is 2.61. The van der Waals surface area contributed by atoms with E-state index in [1.54, 1.807) is 0 Å². The molecule has 0 fully saturated rings. The van der Waals surface area contributed by atoms with Gasteiger partial charge in [0.05, 0.1) is 22.1 Å². The van der Waals surface area contributed by atoms with Crippen molar-refractivity contribution < 1.29 is 0 Å². The summed E-state index contributed by atoms with van der Waals surface area (Å²) in [5.41, 5.74) is 16.7. The summed E-state index contributed by atoms with van der Waals surface area (Å²) < 4.78 is 2.39. The molecule has 0 atom stereocenters. The summed E-state index contributed by atoms with van der Waals surface area (Å²) in [5.74, 6) is 0. The van der Waals surface area contributed by atoms with Crippen molar-refractivity contribution in [3.05, 3.63) is 228 Å². The molecule has 248 valence electrons. The zero-order valence-corrected chi connectivity index (χ0v) is 29.0. The molecule has 0 saturated heterocycles. The minimum absolute atomic E-state index is 0.492. The maximum absolute atomic E-state index is 2.47. The molecule has 1 spiro atoms. The first-order valence-electron chi connectivity index (χ1n) is 18.4. The molecule has 9 aromatic rings. The molecule has 0 amide bonds. The van der Waals surface area contributed by atoms with Gasteiger partial charge < -0.3 is 9.47 Å². The molecule has 0 saturated carbocycles. The molecular formula is C51H34N2. The van der Waals surface area contributed by atoms with Crippen molar-refractivity contribution in [1.29, 1.82) is 0 Å². The molecule has 11 rings (SSSR count). The Morgan fingerprint density at radius 2 is 0.981 bits per heavy atom. The number of para-hydroxylation sites is 3. The highest BCUT2D eigenvalue weighted by molar-refractivity contribution is 6.11. The topological polar surface area (TPSA) is 8.17 Å². The van der Waals surface area contributed by atoms with Crippen LogP contribution in [-0.2, 0) is 5.41 Å². The van der Waals surface area contributed by atoms with Gasteiger partial charge in [0.15, 0.2) is 0 Å². The second-order valence-electron chi connectivity index (χ2n) is 14.1. The van der Waals surface area contributed by atoms with E-state index < -0.39 is 5.41 Å². The van der Waals surface area contributed by atoms with Gasteiger partial charge in [-0.2, -0.15) is 0 Å². The van der Waals surface area contributed by atoms with Gasteiger partial charge in [-0.3, -0.25) is 0 Å². The van der Waals surface area contributed by atoms with Gasteiger partial charge in [0, 0.05) is 33.4 Å². The molecule has 0 bridgehead atoms. The van der Waals surface area contributed by atoms with Gasteiger partial charge in [0.1, 0.15) is 0 Å². The second-order valence-corrected chi connectivity index (χ2v) is 14.1. The van der Waals surface area contributed by atoms with Crippen LogP contribution >= 0.6 is 0 Å². The average Bonchev–Trinajstić information content (AvgIpc) is 3.66. The van der Waals surface area contributed by atoms with E-state index in [4.69, 9.17) is 0 Å². The van der Waals surface area contributed by atoms with Crippen LogP contribution in [0.25, 0.3) is 50.8 Å². The molecule has 0 aliphatic heterocycles. The monoisotopic (exact) mass is 674 g/mol. The van der Waals surface area contributed by atoms with Gasteiger partial charge in [0.2, 0.25) is 0 Å². The summed E-state index contributed by atoms with van der Waals surface area (Å²) in [4.78, 5) is 2.47. The van der Waals surface area contributed by atoms with E-state index in [0.29, 0.717) is 0 Å². The summed E-state index contributed by atoms with van der Waals surface area (Å²) in [6.07, 6.45) is 4.59. The Hall–Kier alpha value is -6.90. The van der Waals surface area contributed by atoms with E-state index in [1.807, 2.05) is 0 Å². The Kier molecular flexibility index (Phi) is 6.50. The number of rotatable bonds is 4. The molecular weight excluding hydrogens is 641 g/mol. The van der Waals surface area contributed by atoms with Crippen molar-refractivity contribution in [3.8, 4) is 16.8 Å². The van der Waals surface area contributed by atoms with Crippen molar-refractivity contribution >= 4 is 51.0 Å². The van der Waals surface area contributed by atoms with Crippen LogP contribution in [0.2, 0.25) is 0 Å². The van der Waals surface area contributed by atoms with E-state index in [9.17, 15) is 0 Å². The van der Waals surface area contributed by atoms with Crippen LogP contribution < -0.4 is 4.90 Å². The molecule has 2 aliphatic carbocycles. The first kappa shape index (κ1) is 29.8. The molecule has 1 heterocycles. The van der Waals surface area contributed by atoms with E-state index in [0.717, 1.165) is 22.7 Å². The number of anilines is 3. The quantitative estimate of drug-likeness (QED) is 0.180. The van der Waals surface area contributed by atoms with Gasteiger partial charge in [0.25, 0.3) is 0 Å². The molecule has 2 aliphatic rings. The summed E-state index contributed by atoms with van der Waals surface area (Å²) in [6.45, 7) is 0. The fourth-order valence-electron chi connectivity index (χ4n) is 9.33. The van der Waals surface area contributed by atoms with Crippen molar-refractivity contribution in [3.63, 3.8) is 0 Å². The Labute approximate surface area is 309 Å². The molecule has 2 heteroatoms. The lowest BCUT2D eigenvalue weighted by Gasteiger charge is -2.35. The minimum atomic E-state index is -0.492. The minimum Gasteiger partial charge on any atom is -0.310 e. The van der Waals surface area contributed by atoms with E-state index >= 15 is 0 Å². The van der Waals surface area contributed by atoms with Crippen molar-refractivity contribution in [1.82, 2.24) is 4.57 Å². The predicted octanol–water partition coefficient (Wildman–Crippen LogP) is 13.1. The lowest BCUT2D eigenvalue weighted by molar-refractivity contribution is 0.766. The molecule has 53 heavy (non-hydrogen) atoms. The van der Waals surface area contributed by atoms with Crippen LogP contribution in [0.5, 0.6) is 0 Å². The zero-order valence-electron chi connectivity index (χ0n) is 29.0. The highest BCUT2D eigenvalue weighted by atomic mass is 15.1. The maximum Gasteiger partial charge on any atom is 0.0725 e. The molecule has 8 aromatic carbocycles. The van der Waals surface area contributed by atoms with Crippen LogP contribution in [0, 0.1) is 0 Å². The van der Waals surface area contributed by atoms with Crippen LogP contribution in [0.4, 0.5) is 17.1 Å². The number of nitrogens with zero attached hydrogens (tertiary/aromatic N) is 2. The summed E-state index contributed by atoms with van der Waals surface area (Å²) >= 11 is 0. The van der Waals surface area contributed by atoms with Gasteiger partial charge in [-0.1, -0.05) is 152 Å². The van der Waals surface area contributed by atoms with Gasteiger partial charge >= 0.3 is 0 Å². The van der Waals surface area contributed by atoms with E-state index in [-0.39, 0.29) is 0 Å². The van der Waals surface area contributed by atoms with Crippen LogP contribution in [0.15, 0.2) is 194 Å². The smallest absolute Gasteiger partial charge is 0.0725 e. The molecule has 0 radical (unpaired) electrons. The fraction of sp³-hybridized carbons (Fsp3) is 0.0196. The standard InChI is InChI=1S/C51H34N2/c1-3-18-37(19-4-1)52(39-32-33-48-42(34-39)40-22-10-14-28-47(40)53(48)38-20-5-2-6-21-38)49-29-15-27-46-50(49)41-23-9-13-26-45(41)51(46)43-24-11-7-16-35(43)30-31-36-17-8-12-25-44(36)51/h1-34H.